The third-order valence-corrected chi connectivity index (χ3v) is 6.58. The van der Waals surface area contributed by atoms with Crippen LogP contribution in [0.5, 0.6) is 0 Å². The zero-order valence-corrected chi connectivity index (χ0v) is 15.9. The molecule has 4 heteroatoms. The summed E-state index contributed by atoms with van der Waals surface area (Å²) in [7, 11) is 4.96. The molecule has 2 N–H and O–H groups in total. The minimum absolute atomic E-state index is 0.622. The standard InChI is InChI=1S/C18H40N4/c1-15-13-21(5)9-8-20-18(4)16(2)14-22(6,12-11-21)10-7-19-17(15)3/h15-20H,7-14H2,1-6H3/q+2. The van der Waals surface area contributed by atoms with Crippen molar-refractivity contribution in [2.75, 3.05) is 66.5 Å². The van der Waals surface area contributed by atoms with Gasteiger partial charge in [-0.1, -0.05) is 13.8 Å². The van der Waals surface area contributed by atoms with E-state index in [1.807, 2.05) is 0 Å². The van der Waals surface area contributed by atoms with Crippen molar-refractivity contribution in [1.29, 1.82) is 0 Å². The van der Waals surface area contributed by atoms with Gasteiger partial charge in [-0.05, 0) is 13.8 Å². The number of likely N-dealkylation sites (N-methyl/N-ethyl adjacent to an activating group) is 2. The first-order valence-electron chi connectivity index (χ1n) is 9.37. The van der Waals surface area contributed by atoms with Crippen LogP contribution in [0.15, 0.2) is 0 Å². The van der Waals surface area contributed by atoms with Crippen LogP contribution in [-0.2, 0) is 0 Å². The lowest BCUT2D eigenvalue weighted by Gasteiger charge is -2.46. The van der Waals surface area contributed by atoms with Gasteiger partial charge in [0.15, 0.2) is 0 Å². The molecule has 0 amide bonds. The Morgan fingerprint density at radius 1 is 0.636 bits per heavy atom. The molecule has 0 aromatic rings. The van der Waals surface area contributed by atoms with Gasteiger partial charge in [-0.25, -0.2) is 0 Å². The van der Waals surface area contributed by atoms with Crippen molar-refractivity contribution >= 4 is 0 Å². The number of rotatable bonds is 0. The normalized spacial score (nSPS) is 48.8. The lowest BCUT2D eigenvalue weighted by molar-refractivity contribution is -0.967. The van der Waals surface area contributed by atoms with Gasteiger partial charge in [-0.3, -0.25) is 0 Å². The summed E-state index contributed by atoms with van der Waals surface area (Å²) in [5.41, 5.74) is 0. The Kier molecular flexibility index (Phi) is 5.92. The minimum Gasteiger partial charge on any atom is -0.320 e. The fourth-order valence-electron chi connectivity index (χ4n) is 4.30. The van der Waals surface area contributed by atoms with E-state index in [0.29, 0.717) is 12.1 Å². The molecule has 130 valence electrons. The fraction of sp³-hybridized carbons (Fsp3) is 1.00. The molecule has 0 aromatic carbocycles. The lowest BCUT2D eigenvalue weighted by Crippen LogP contribution is -2.63. The van der Waals surface area contributed by atoms with Crippen LogP contribution < -0.4 is 10.6 Å². The highest BCUT2D eigenvalue weighted by molar-refractivity contribution is 4.73. The summed E-state index contributed by atoms with van der Waals surface area (Å²) in [4.78, 5) is 0. The molecule has 2 saturated heterocycles. The molecular weight excluding hydrogens is 272 g/mol. The molecule has 2 rings (SSSR count). The van der Waals surface area contributed by atoms with Crippen LogP contribution in [0.1, 0.15) is 27.7 Å². The number of nitrogens with one attached hydrogen (secondary N) is 2. The monoisotopic (exact) mass is 312 g/mol. The lowest BCUT2D eigenvalue weighted by atomic mass is 9.98. The third kappa shape index (κ3) is 4.67. The van der Waals surface area contributed by atoms with E-state index in [1.165, 1.54) is 48.2 Å². The summed E-state index contributed by atoms with van der Waals surface area (Å²) >= 11 is 0. The summed E-state index contributed by atoms with van der Waals surface area (Å²) in [5.74, 6) is 1.47. The van der Waals surface area contributed by atoms with Gasteiger partial charge in [0.1, 0.15) is 13.1 Å². The molecule has 2 bridgehead atoms. The molecule has 6 unspecified atom stereocenters. The van der Waals surface area contributed by atoms with Gasteiger partial charge < -0.3 is 19.6 Å². The molecule has 6 atom stereocenters. The SMILES string of the molecule is CC1C[N+]2(C)CCNC(C)C(C)C[N+](C)(CCNC1C)CC2. The van der Waals surface area contributed by atoms with Crippen molar-refractivity contribution in [2.45, 2.75) is 39.8 Å². The van der Waals surface area contributed by atoms with E-state index in [1.54, 1.807) is 0 Å². The summed E-state index contributed by atoms with van der Waals surface area (Å²) < 4.78 is 2.43. The van der Waals surface area contributed by atoms with E-state index in [0.717, 1.165) is 24.9 Å². The Morgan fingerprint density at radius 2 is 1.00 bits per heavy atom. The second-order valence-corrected chi connectivity index (χ2v) is 8.94. The van der Waals surface area contributed by atoms with E-state index < -0.39 is 0 Å². The molecule has 0 radical (unpaired) electrons. The number of hydrogen-bond acceptors (Lipinski definition) is 2. The Bertz CT molecular complexity index is 327. The van der Waals surface area contributed by atoms with Gasteiger partial charge in [0.2, 0.25) is 0 Å². The van der Waals surface area contributed by atoms with Gasteiger partial charge in [0, 0.05) is 37.0 Å². The molecule has 2 fully saturated rings. The maximum Gasteiger partial charge on any atom is 0.128 e. The number of nitrogens with zero attached hydrogens (tertiary/aromatic N) is 2. The van der Waals surface area contributed by atoms with Gasteiger partial charge in [0.05, 0.1) is 40.3 Å². The van der Waals surface area contributed by atoms with Crippen LogP contribution in [0, 0.1) is 11.8 Å². The quantitative estimate of drug-likeness (QED) is 0.656. The predicted octanol–water partition coefficient (Wildman–Crippen LogP) is 1.14. The predicted molar refractivity (Wildman–Crippen MR) is 94.8 cm³/mol. The van der Waals surface area contributed by atoms with Crippen molar-refractivity contribution in [3.63, 3.8) is 0 Å². The Labute approximate surface area is 138 Å². The van der Waals surface area contributed by atoms with Crippen molar-refractivity contribution < 1.29 is 8.97 Å². The van der Waals surface area contributed by atoms with Crippen LogP contribution in [0.3, 0.4) is 0 Å². The Morgan fingerprint density at radius 3 is 1.36 bits per heavy atom. The molecule has 2 aliphatic heterocycles. The second kappa shape index (κ2) is 7.16. The van der Waals surface area contributed by atoms with E-state index in [9.17, 15) is 0 Å². The Hall–Kier alpha value is -0.160. The first-order chi connectivity index (χ1) is 10.2. The van der Waals surface area contributed by atoms with Crippen molar-refractivity contribution in [1.82, 2.24) is 10.6 Å². The first-order valence-corrected chi connectivity index (χ1v) is 9.37. The number of fused-ring (bicyclic) bond motifs is 3. The molecule has 0 saturated carbocycles. The molecule has 2 aliphatic rings. The van der Waals surface area contributed by atoms with Crippen LogP contribution in [-0.4, -0.2) is 87.5 Å². The maximum absolute atomic E-state index is 3.80. The maximum atomic E-state index is 3.80. The zero-order valence-electron chi connectivity index (χ0n) is 15.9. The highest BCUT2D eigenvalue weighted by Crippen LogP contribution is 2.19. The molecule has 0 aromatic heterocycles. The Balaban J connectivity index is 2.23. The first kappa shape index (κ1) is 18.2. The van der Waals surface area contributed by atoms with Gasteiger partial charge >= 0.3 is 0 Å². The highest BCUT2D eigenvalue weighted by atomic mass is 15.4. The molecule has 0 aliphatic carbocycles. The van der Waals surface area contributed by atoms with E-state index >= 15 is 0 Å². The largest absolute Gasteiger partial charge is 0.320 e. The fourth-order valence-corrected chi connectivity index (χ4v) is 4.30. The summed E-state index contributed by atoms with van der Waals surface area (Å²) in [6.45, 7) is 19.6. The minimum atomic E-state index is 0.622. The number of hydrogen-bond donors (Lipinski definition) is 2. The van der Waals surface area contributed by atoms with Crippen molar-refractivity contribution in [3.05, 3.63) is 0 Å². The topological polar surface area (TPSA) is 24.1 Å². The van der Waals surface area contributed by atoms with Gasteiger partial charge in [-0.2, -0.15) is 0 Å². The van der Waals surface area contributed by atoms with E-state index in [4.69, 9.17) is 0 Å². The summed E-state index contributed by atoms with van der Waals surface area (Å²) in [6, 6.07) is 1.24. The van der Waals surface area contributed by atoms with Crippen molar-refractivity contribution in [2.24, 2.45) is 11.8 Å². The summed E-state index contributed by atoms with van der Waals surface area (Å²) in [5, 5.41) is 7.60. The van der Waals surface area contributed by atoms with Crippen LogP contribution >= 0.6 is 0 Å². The van der Waals surface area contributed by atoms with Gasteiger partial charge in [0.25, 0.3) is 0 Å². The van der Waals surface area contributed by atoms with Gasteiger partial charge in [-0.15, -0.1) is 0 Å². The smallest absolute Gasteiger partial charge is 0.128 e. The average molecular weight is 313 g/mol. The molecular formula is C18H40N4+2. The molecule has 2 heterocycles. The van der Waals surface area contributed by atoms with E-state index in [-0.39, 0.29) is 0 Å². The van der Waals surface area contributed by atoms with E-state index in [2.05, 4.69) is 52.4 Å². The molecule has 0 spiro atoms. The van der Waals surface area contributed by atoms with Crippen LogP contribution in [0.2, 0.25) is 0 Å². The van der Waals surface area contributed by atoms with Crippen molar-refractivity contribution in [3.8, 4) is 0 Å². The third-order valence-electron chi connectivity index (χ3n) is 6.58. The van der Waals surface area contributed by atoms with Crippen LogP contribution in [0.4, 0.5) is 0 Å². The molecule has 22 heavy (non-hydrogen) atoms. The summed E-state index contributed by atoms with van der Waals surface area (Å²) in [6.07, 6.45) is 0. The average Bonchev–Trinajstić information content (AvgIpc) is 2.43. The highest BCUT2D eigenvalue weighted by Gasteiger charge is 2.35. The number of quaternary nitrogens is 2. The van der Waals surface area contributed by atoms with Crippen LogP contribution in [0.25, 0.3) is 0 Å². The zero-order chi connectivity index (χ0) is 16.4. The second-order valence-electron chi connectivity index (χ2n) is 8.94. The molecule has 4 nitrogen and oxygen atoms in total.